The molecule has 0 aliphatic rings. The Kier molecular flexibility index (Phi) is 5.18. The van der Waals surface area contributed by atoms with Crippen molar-refractivity contribution >= 4 is 23.3 Å². The fourth-order valence-electron chi connectivity index (χ4n) is 1.13. The number of pyridine rings is 1. The number of rotatable bonds is 5. The fourth-order valence-corrected chi connectivity index (χ4v) is 1.30. The average Bonchev–Trinajstić information content (AvgIpc) is 2.29. The molecule has 1 atom stereocenters. The third-order valence-electron chi connectivity index (χ3n) is 2.03. The predicted octanol–water partition coefficient (Wildman–Crippen LogP) is 1.04. The number of amides is 1. The second-order valence-corrected chi connectivity index (χ2v) is 3.59. The summed E-state index contributed by atoms with van der Waals surface area (Å²) in [4.78, 5) is 15.5. The van der Waals surface area contributed by atoms with Crippen molar-refractivity contribution in [3.63, 3.8) is 0 Å². The summed E-state index contributed by atoms with van der Waals surface area (Å²) in [5.74, 6) is 0.124. The maximum Gasteiger partial charge on any atom is 0.228 e. The Bertz CT molecular complexity index is 356. The zero-order chi connectivity index (χ0) is 12.0. The first kappa shape index (κ1) is 12.9. The van der Waals surface area contributed by atoms with Crippen molar-refractivity contribution in [2.75, 3.05) is 19.0 Å². The number of hydrogen-bond acceptors (Lipinski definition) is 4. The summed E-state index contributed by atoms with van der Waals surface area (Å²) in [6.07, 6.45) is 1.44. The molecule has 88 valence electrons. The Morgan fingerprint density at radius 2 is 2.50 bits per heavy atom. The van der Waals surface area contributed by atoms with Crippen LogP contribution in [-0.4, -0.2) is 30.6 Å². The summed E-state index contributed by atoms with van der Waals surface area (Å²) in [5.41, 5.74) is 5.41. The zero-order valence-electron chi connectivity index (χ0n) is 8.94. The van der Waals surface area contributed by atoms with Gasteiger partial charge in [0, 0.05) is 19.9 Å². The minimum atomic E-state index is -0.289. The van der Waals surface area contributed by atoms with Crippen molar-refractivity contribution in [3.8, 4) is 0 Å². The number of nitrogens with two attached hydrogens (primary N) is 1. The quantitative estimate of drug-likeness (QED) is 0.810. The minimum absolute atomic E-state index is 0.180. The van der Waals surface area contributed by atoms with Crippen LogP contribution in [0.1, 0.15) is 6.42 Å². The molecule has 0 aliphatic carbocycles. The van der Waals surface area contributed by atoms with Crippen molar-refractivity contribution in [1.82, 2.24) is 4.98 Å². The highest BCUT2D eigenvalue weighted by Gasteiger charge is 2.12. The van der Waals surface area contributed by atoms with E-state index in [1.807, 2.05) is 0 Å². The summed E-state index contributed by atoms with van der Waals surface area (Å²) < 4.78 is 5.00. The summed E-state index contributed by atoms with van der Waals surface area (Å²) in [5, 5.41) is 2.99. The van der Waals surface area contributed by atoms with Crippen LogP contribution in [0.15, 0.2) is 18.3 Å². The molecule has 0 saturated heterocycles. The lowest BCUT2D eigenvalue weighted by Crippen LogP contribution is -2.28. The van der Waals surface area contributed by atoms with Crippen LogP contribution in [0.5, 0.6) is 0 Å². The van der Waals surface area contributed by atoms with Gasteiger partial charge in [-0.3, -0.25) is 4.79 Å². The lowest BCUT2D eigenvalue weighted by atomic mass is 10.2. The first-order valence-electron chi connectivity index (χ1n) is 4.80. The van der Waals surface area contributed by atoms with E-state index in [4.69, 9.17) is 22.1 Å². The van der Waals surface area contributed by atoms with Crippen LogP contribution >= 0.6 is 11.6 Å². The first-order valence-corrected chi connectivity index (χ1v) is 5.18. The topological polar surface area (TPSA) is 77.2 Å². The van der Waals surface area contributed by atoms with Crippen LogP contribution in [0, 0.1) is 0 Å². The summed E-state index contributed by atoms with van der Waals surface area (Å²) in [7, 11) is 1.51. The van der Waals surface area contributed by atoms with E-state index in [2.05, 4.69) is 10.3 Å². The average molecular weight is 244 g/mol. The number of hydrogen-bond donors (Lipinski definition) is 2. The largest absolute Gasteiger partial charge is 0.380 e. The van der Waals surface area contributed by atoms with Gasteiger partial charge >= 0.3 is 0 Å². The molecule has 1 heterocycles. The highest BCUT2D eigenvalue weighted by atomic mass is 35.5. The third-order valence-corrected chi connectivity index (χ3v) is 2.33. The van der Waals surface area contributed by atoms with Crippen molar-refractivity contribution < 1.29 is 9.53 Å². The molecule has 16 heavy (non-hydrogen) atoms. The van der Waals surface area contributed by atoms with Crippen molar-refractivity contribution in [2.24, 2.45) is 5.73 Å². The molecule has 0 radical (unpaired) electrons. The Balaban J connectivity index is 2.55. The summed E-state index contributed by atoms with van der Waals surface area (Å²) in [6, 6.07) is 3.34. The van der Waals surface area contributed by atoms with Gasteiger partial charge in [-0.05, 0) is 12.1 Å². The maximum absolute atomic E-state index is 11.5. The van der Waals surface area contributed by atoms with Crippen LogP contribution in [-0.2, 0) is 9.53 Å². The Morgan fingerprint density at radius 3 is 3.06 bits per heavy atom. The SMILES string of the molecule is COC(CN)CC(=O)Nc1ncccc1Cl. The van der Waals surface area contributed by atoms with E-state index in [-0.39, 0.29) is 18.4 Å². The molecule has 3 N–H and O–H groups in total. The number of aromatic nitrogens is 1. The van der Waals surface area contributed by atoms with E-state index < -0.39 is 0 Å². The summed E-state index contributed by atoms with van der Waals surface area (Å²) in [6.45, 7) is 0.292. The van der Waals surface area contributed by atoms with Crippen molar-refractivity contribution in [2.45, 2.75) is 12.5 Å². The van der Waals surface area contributed by atoms with Crippen molar-refractivity contribution in [1.29, 1.82) is 0 Å². The monoisotopic (exact) mass is 243 g/mol. The molecule has 0 aromatic carbocycles. The van der Waals surface area contributed by atoms with E-state index in [0.29, 0.717) is 17.4 Å². The number of carbonyl (C=O) groups excluding carboxylic acids is 1. The van der Waals surface area contributed by atoms with Gasteiger partial charge in [0.05, 0.1) is 17.5 Å². The maximum atomic E-state index is 11.5. The van der Waals surface area contributed by atoms with Crippen LogP contribution in [0.25, 0.3) is 0 Å². The summed E-state index contributed by atoms with van der Waals surface area (Å²) >= 11 is 5.84. The number of halogens is 1. The molecule has 1 aromatic heterocycles. The van der Waals surface area contributed by atoms with E-state index in [1.54, 1.807) is 18.3 Å². The van der Waals surface area contributed by atoms with Crippen LogP contribution < -0.4 is 11.1 Å². The van der Waals surface area contributed by atoms with Gasteiger partial charge in [0.1, 0.15) is 0 Å². The molecule has 5 nitrogen and oxygen atoms in total. The molecular formula is C10H14ClN3O2. The fraction of sp³-hybridized carbons (Fsp3) is 0.400. The van der Waals surface area contributed by atoms with Gasteiger partial charge in [0.2, 0.25) is 5.91 Å². The van der Waals surface area contributed by atoms with E-state index in [0.717, 1.165) is 0 Å². The van der Waals surface area contributed by atoms with Gasteiger partial charge in [-0.25, -0.2) is 4.98 Å². The lowest BCUT2D eigenvalue weighted by Gasteiger charge is -2.12. The standard InChI is InChI=1S/C10H14ClN3O2/c1-16-7(6-12)5-9(15)14-10-8(11)3-2-4-13-10/h2-4,7H,5-6,12H2,1H3,(H,13,14,15). The molecule has 6 heteroatoms. The Morgan fingerprint density at radius 1 is 1.75 bits per heavy atom. The Hall–Kier alpha value is -1.17. The third kappa shape index (κ3) is 3.77. The molecule has 0 aliphatic heterocycles. The van der Waals surface area contributed by atoms with Gasteiger partial charge < -0.3 is 15.8 Å². The molecule has 0 spiro atoms. The normalized spacial score (nSPS) is 12.2. The second kappa shape index (κ2) is 6.42. The van der Waals surface area contributed by atoms with Crippen LogP contribution in [0.4, 0.5) is 5.82 Å². The van der Waals surface area contributed by atoms with Crippen LogP contribution in [0.3, 0.4) is 0 Å². The predicted molar refractivity (Wildman–Crippen MR) is 62.3 cm³/mol. The van der Waals surface area contributed by atoms with Gasteiger partial charge in [0.15, 0.2) is 5.82 Å². The highest BCUT2D eigenvalue weighted by Crippen LogP contribution is 2.17. The molecule has 0 fully saturated rings. The number of ether oxygens (including phenoxy) is 1. The lowest BCUT2D eigenvalue weighted by molar-refractivity contribution is -0.118. The molecule has 1 amide bonds. The van der Waals surface area contributed by atoms with Crippen molar-refractivity contribution in [3.05, 3.63) is 23.4 Å². The first-order chi connectivity index (χ1) is 7.67. The van der Waals surface area contributed by atoms with E-state index in [9.17, 15) is 4.79 Å². The number of methoxy groups -OCH3 is 1. The smallest absolute Gasteiger partial charge is 0.228 e. The number of anilines is 1. The minimum Gasteiger partial charge on any atom is -0.380 e. The van der Waals surface area contributed by atoms with Gasteiger partial charge in [0.25, 0.3) is 0 Å². The van der Waals surface area contributed by atoms with E-state index >= 15 is 0 Å². The van der Waals surface area contributed by atoms with Crippen LogP contribution in [0.2, 0.25) is 5.02 Å². The molecule has 1 unspecified atom stereocenters. The zero-order valence-corrected chi connectivity index (χ0v) is 9.70. The number of carbonyl (C=O) groups is 1. The Labute approximate surface area is 98.9 Å². The molecule has 0 bridgehead atoms. The highest BCUT2D eigenvalue weighted by molar-refractivity contribution is 6.33. The van der Waals surface area contributed by atoms with E-state index in [1.165, 1.54) is 7.11 Å². The molecule has 1 rings (SSSR count). The van der Waals surface area contributed by atoms with Gasteiger partial charge in [-0.2, -0.15) is 0 Å². The molecular weight excluding hydrogens is 230 g/mol. The molecule has 1 aromatic rings. The van der Waals surface area contributed by atoms with Gasteiger partial charge in [-0.1, -0.05) is 11.6 Å². The van der Waals surface area contributed by atoms with Gasteiger partial charge in [-0.15, -0.1) is 0 Å². The molecule has 0 saturated carbocycles. The number of nitrogens with zero attached hydrogens (tertiary/aromatic N) is 1. The number of nitrogens with one attached hydrogen (secondary N) is 1. The second-order valence-electron chi connectivity index (χ2n) is 3.18.